The molecule has 1 aliphatic carbocycles. The molecule has 110 valence electrons. The molecular weight excluding hydrogens is 244 g/mol. The van der Waals surface area contributed by atoms with E-state index in [0.717, 1.165) is 26.1 Å². The van der Waals surface area contributed by atoms with Gasteiger partial charge in [-0.15, -0.1) is 0 Å². The standard InChI is InChI=1S/C14H26N2O3/c1-10-8-16(9-11(2)19-10)7-6-13(14(17)18-3)15-12-4-5-12/h10-13,15H,4-9H2,1-3H3. The van der Waals surface area contributed by atoms with Crippen LogP contribution in [0.25, 0.3) is 0 Å². The van der Waals surface area contributed by atoms with E-state index in [0.29, 0.717) is 6.04 Å². The fourth-order valence-electron chi connectivity index (χ4n) is 2.72. The predicted octanol–water partition coefficient (Wildman–Crippen LogP) is 0.779. The van der Waals surface area contributed by atoms with Crippen LogP contribution in [0.5, 0.6) is 0 Å². The lowest BCUT2D eigenvalue weighted by Gasteiger charge is -2.35. The quantitative estimate of drug-likeness (QED) is 0.723. The minimum absolute atomic E-state index is 0.138. The van der Waals surface area contributed by atoms with Crippen LogP contribution < -0.4 is 5.32 Å². The van der Waals surface area contributed by atoms with Crippen molar-refractivity contribution in [3.05, 3.63) is 0 Å². The minimum atomic E-state index is -0.161. The van der Waals surface area contributed by atoms with Crippen LogP contribution in [0.4, 0.5) is 0 Å². The Labute approximate surface area is 115 Å². The van der Waals surface area contributed by atoms with E-state index in [2.05, 4.69) is 24.1 Å². The first kappa shape index (κ1) is 14.8. The molecule has 2 rings (SSSR count). The molecule has 1 saturated carbocycles. The van der Waals surface area contributed by atoms with Crippen molar-refractivity contribution in [3.63, 3.8) is 0 Å². The van der Waals surface area contributed by atoms with E-state index >= 15 is 0 Å². The van der Waals surface area contributed by atoms with Crippen LogP contribution in [0.15, 0.2) is 0 Å². The van der Waals surface area contributed by atoms with Gasteiger partial charge in [0, 0.05) is 25.7 Å². The molecule has 1 saturated heterocycles. The van der Waals surface area contributed by atoms with Crippen LogP contribution in [0.3, 0.4) is 0 Å². The maximum atomic E-state index is 11.7. The lowest BCUT2D eigenvalue weighted by molar-refractivity contribution is -0.143. The Kier molecular flexibility index (Phi) is 5.19. The molecule has 0 amide bonds. The van der Waals surface area contributed by atoms with Crippen molar-refractivity contribution in [2.75, 3.05) is 26.7 Å². The summed E-state index contributed by atoms with van der Waals surface area (Å²) >= 11 is 0. The van der Waals surface area contributed by atoms with Gasteiger partial charge >= 0.3 is 5.97 Å². The molecule has 1 N–H and O–H groups in total. The van der Waals surface area contributed by atoms with Crippen molar-refractivity contribution in [2.24, 2.45) is 0 Å². The molecule has 2 fully saturated rings. The summed E-state index contributed by atoms with van der Waals surface area (Å²) in [6, 6.07) is 0.359. The molecule has 0 aromatic carbocycles. The Balaban J connectivity index is 1.78. The van der Waals surface area contributed by atoms with E-state index < -0.39 is 0 Å². The Hall–Kier alpha value is -0.650. The molecular formula is C14H26N2O3. The molecule has 0 aromatic rings. The lowest BCUT2D eigenvalue weighted by atomic mass is 10.1. The molecule has 3 atom stereocenters. The SMILES string of the molecule is COC(=O)C(CCN1CC(C)OC(C)C1)NC1CC1. The lowest BCUT2D eigenvalue weighted by Crippen LogP contribution is -2.48. The van der Waals surface area contributed by atoms with Gasteiger partial charge in [-0.3, -0.25) is 9.69 Å². The van der Waals surface area contributed by atoms with Gasteiger partial charge in [0.2, 0.25) is 0 Å². The predicted molar refractivity (Wildman–Crippen MR) is 73.0 cm³/mol. The van der Waals surface area contributed by atoms with Crippen LogP contribution in [0, 0.1) is 0 Å². The van der Waals surface area contributed by atoms with E-state index in [-0.39, 0.29) is 24.2 Å². The number of esters is 1. The number of hydrogen-bond acceptors (Lipinski definition) is 5. The second kappa shape index (κ2) is 6.68. The van der Waals surface area contributed by atoms with Gasteiger partial charge in [-0.05, 0) is 33.1 Å². The van der Waals surface area contributed by atoms with Crippen LogP contribution in [0.2, 0.25) is 0 Å². The zero-order valence-electron chi connectivity index (χ0n) is 12.2. The summed E-state index contributed by atoms with van der Waals surface area (Å²) in [6.45, 7) is 7.01. The Morgan fingerprint density at radius 1 is 1.37 bits per heavy atom. The van der Waals surface area contributed by atoms with Crippen molar-refractivity contribution in [2.45, 2.75) is 57.4 Å². The molecule has 0 radical (unpaired) electrons. The van der Waals surface area contributed by atoms with E-state index in [1.807, 2.05) is 0 Å². The number of nitrogens with one attached hydrogen (secondary N) is 1. The second-order valence-electron chi connectivity index (χ2n) is 5.82. The topological polar surface area (TPSA) is 50.8 Å². The number of methoxy groups -OCH3 is 1. The summed E-state index contributed by atoms with van der Waals surface area (Å²) in [7, 11) is 1.46. The van der Waals surface area contributed by atoms with Crippen LogP contribution in [-0.2, 0) is 14.3 Å². The first-order chi connectivity index (χ1) is 9.08. The fourth-order valence-corrected chi connectivity index (χ4v) is 2.72. The molecule has 0 aromatic heterocycles. The maximum Gasteiger partial charge on any atom is 0.322 e. The third-order valence-corrected chi connectivity index (χ3v) is 3.73. The molecule has 19 heavy (non-hydrogen) atoms. The molecule has 1 heterocycles. The molecule has 0 spiro atoms. The van der Waals surface area contributed by atoms with Gasteiger partial charge in [-0.25, -0.2) is 0 Å². The van der Waals surface area contributed by atoms with Crippen LogP contribution in [0.1, 0.15) is 33.1 Å². The van der Waals surface area contributed by atoms with Gasteiger partial charge in [-0.2, -0.15) is 0 Å². The van der Waals surface area contributed by atoms with Crippen molar-refractivity contribution in [3.8, 4) is 0 Å². The average Bonchev–Trinajstić information content (AvgIpc) is 3.16. The highest BCUT2D eigenvalue weighted by Crippen LogP contribution is 2.20. The average molecular weight is 270 g/mol. The number of ether oxygens (including phenoxy) is 2. The third-order valence-electron chi connectivity index (χ3n) is 3.73. The summed E-state index contributed by atoms with van der Waals surface area (Å²) in [5.74, 6) is -0.138. The molecule has 1 aliphatic heterocycles. The smallest absolute Gasteiger partial charge is 0.322 e. The van der Waals surface area contributed by atoms with Gasteiger partial charge in [0.25, 0.3) is 0 Å². The van der Waals surface area contributed by atoms with Gasteiger partial charge < -0.3 is 14.8 Å². The highest BCUT2D eigenvalue weighted by atomic mass is 16.5. The maximum absolute atomic E-state index is 11.7. The number of carbonyl (C=O) groups excluding carboxylic acids is 1. The number of morpholine rings is 1. The van der Waals surface area contributed by atoms with Crippen molar-refractivity contribution < 1.29 is 14.3 Å². The van der Waals surface area contributed by atoms with Crippen molar-refractivity contribution in [1.29, 1.82) is 0 Å². The number of rotatable bonds is 6. The largest absolute Gasteiger partial charge is 0.468 e. The highest BCUT2D eigenvalue weighted by molar-refractivity contribution is 5.75. The van der Waals surface area contributed by atoms with Crippen LogP contribution >= 0.6 is 0 Å². The van der Waals surface area contributed by atoms with Gasteiger partial charge in [0.1, 0.15) is 6.04 Å². The van der Waals surface area contributed by atoms with Crippen molar-refractivity contribution >= 4 is 5.97 Å². The summed E-state index contributed by atoms with van der Waals surface area (Å²) in [6.07, 6.45) is 3.72. The zero-order chi connectivity index (χ0) is 13.8. The number of hydrogen-bond donors (Lipinski definition) is 1. The number of carbonyl (C=O) groups is 1. The third kappa shape index (κ3) is 4.75. The molecule has 5 nitrogen and oxygen atoms in total. The number of nitrogens with zero attached hydrogens (tertiary/aromatic N) is 1. The van der Waals surface area contributed by atoms with E-state index in [4.69, 9.17) is 9.47 Å². The first-order valence-electron chi connectivity index (χ1n) is 7.30. The molecule has 0 bridgehead atoms. The monoisotopic (exact) mass is 270 g/mol. The van der Waals surface area contributed by atoms with Crippen LogP contribution in [-0.4, -0.2) is 61.9 Å². The Bertz CT molecular complexity index is 297. The second-order valence-corrected chi connectivity index (χ2v) is 5.82. The summed E-state index contributed by atoms with van der Waals surface area (Å²) in [4.78, 5) is 14.1. The summed E-state index contributed by atoms with van der Waals surface area (Å²) in [5.41, 5.74) is 0. The first-order valence-corrected chi connectivity index (χ1v) is 7.30. The highest BCUT2D eigenvalue weighted by Gasteiger charge is 2.30. The summed E-state index contributed by atoms with van der Waals surface area (Å²) in [5, 5.41) is 3.37. The van der Waals surface area contributed by atoms with E-state index in [1.54, 1.807) is 0 Å². The molecule has 2 aliphatic rings. The Morgan fingerprint density at radius 2 is 2.00 bits per heavy atom. The minimum Gasteiger partial charge on any atom is -0.468 e. The van der Waals surface area contributed by atoms with Gasteiger partial charge in [0.05, 0.1) is 19.3 Å². The van der Waals surface area contributed by atoms with E-state index in [1.165, 1.54) is 20.0 Å². The normalized spacial score (nSPS) is 30.1. The van der Waals surface area contributed by atoms with E-state index in [9.17, 15) is 4.79 Å². The zero-order valence-corrected chi connectivity index (χ0v) is 12.2. The molecule has 5 heteroatoms. The summed E-state index contributed by atoms with van der Waals surface area (Å²) < 4.78 is 10.6. The van der Waals surface area contributed by atoms with Crippen molar-refractivity contribution in [1.82, 2.24) is 10.2 Å². The van der Waals surface area contributed by atoms with Gasteiger partial charge in [-0.1, -0.05) is 0 Å². The fraction of sp³-hybridized carbons (Fsp3) is 0.929. The molecule has 3 unspecified atom stereocenters. The van der Waals surface area contributed by atoms with Gasteiger partial charge in [0.15, 0.2) is 0 Å². The Morgan fingerprint density at radius 3 is 2.53 bits per heavy atom.